The van der Waals surface area contributed by atoms with Gasteiger partial charge in [0.1, 0.15) is 0 Å². The predicted octanol–water partition coefficient (Wildman–Crippen LogP) is 11.5. The molecule has 0 saturated carbocycles. The number of rotatable bonds is 4. The first-order valence-electron chi connectivity index (χ1n) is 17.1. The third-order valence-corrected chi connectivity index (χ3v) is 10.7. The number of hydrogen-bond donors (Lipinski definition) is 0. The highest BCUT2D eigenvalue weighted by Gasteiger charge is 2.42. The van der Waals surface area contributed by atoms with E-state index in [9.17, 15) is 0 Å². The van der Waals surface area contributed by atoms with Gasteiger partial charge in [-0.25, -0.2) is 9.97 Å². The maximum Gasteiger partial charge on any atom is 0.160 e. The highest BCUT2D eigenvalue weighted by Crippen LogP contribution is 2.51. The van der Waals surface area contributed by atoms with Crippen LogP contribution < -0.4 is 0 Å². The molecule has 9 rings (SSSR count). The lowest BCUT2D eigenvalue weighted by Crippen LogP contribution is -2.36. The molecule has 2 aromatic heterocycles. The van der Waals surface area contributed by atoms with Gasteiger partial charge < -0.3 is 4.57 Å². The largest absolute Gasteiger partial charge is 0.309 e. The van der Waals surface area contributed by atoms with Gasteiger partial charge in [0.15, 0.2) is 5.82 Å². The molecule has 0 saturated heterocycles. The Bertz CT molecular complexity index is 2430. The van der Waals surface area contributed by atoms with E-state index in [4.69, 9.17) is 9.97 Å². The van der Waals surface area contributed by atoms with E-state index in [1.54, 1.807) is 0 Å². The Labute approximate surface area is 287 Å². The molecule has 0 aliphatic heterocycles. The molecule has 0 spiro atoms. The number of nitrogens with zero attached hydrogens (tertiary/aromatic N) is 3. The molecule has 0 atom stereocenters. The number of aromatic nitrogens is 3. The van der Waals surface area contributed by atoms with Crippen molar-refractivity contribution in [2.24, 2.45) is 0 Å². The Morgan fingerprint density at radius 2 is 0.878 bits per heavy atom. The first-order chi connectivity index (χ1) is 23.8. The second kappa shape index (κ2) is 10.9. The summed E-state index contributed by atoms with van der Waals surface area (Å²) in [6, 6.07) is 54.4. The molecule has 6 aromatic carbocycles. The van der Waals surface area contributed by atoms with Crippen molar-refractivity contribution in [1.82, 2.24) is 14.5 Å². The molecular weight excluding hydrogens is 595 g/mol. The Kier molecular flexibility index (Phi) is 6.51. The summed E-state index contributed by atoms with van der Waals surface area (Å²) >= 11 is 0. The summed E-state index contributed by atoms with van der Waals surface area (Å²) in [6.07, 6.45) is 0. The molecule has 0 fully saturated rings. The van der Waals surface area contributed by atoms with Gasteiger partial charge in [0, 0.05) is 44.0 Å². The molecule has 236 valence electrons. The van der Waals surface area contributed by atoms with E-state index in [1.165, 1.54) is 49.7 Å². The van der Waals surface area contributed by atoms with Crippen LogP contribution >= 0.6 is 0 Å². The zero-order chi connectivity index (χ0) is 33.3. The Hall–Kier alpha value is -5.80. The van der Waals surface area contributed by atoms with Crippen molar-refractivity contribution in [3.63, 3.8) is 0 Å². The van der Waals surface area contributed by atoms with E-state index in [2.05, 4.69) is 172 Å². The van der Waals surface area contributed by atoms with Gasteiger partial charge in [-0.3, -0.25) is 0 Å². The highest BCUT2D eigenvalue weighted by atomic mass is 15.0. The molecule has 0 amide bonds. The normalized spacial score (nSPS) is 14.4. The maximum absolute atomic E-state index is 5.15. The fourth-order valence-corrected chi connectivity index (χ4v) is 8.06. The highest BCUT2D eigenvalue weighted by molar-refractivity contribution is 6.09. The lowest BCUT2D eigenvalue weighted by molar-refractivity contribution is 0.520. The van der Waals surface area contributed by atoms with Crippen molar-refractivity contribution in [3.8, 4) is 39.6 Å². The van der Waals surface area contributed by atoms with E-state index in [1.807, 2.05) is 12.1 Å². The zero-order valence-corrected chi connectivity index (χ0v) is 28.3. The maximum atomic E-state index is 5.15. The first kappa shape index (κ1) is 29.3. The number of benzene rings is 6. The quantitative estimate of drug-likeness (QED) is 0.193. The molecule has 0 unspecified atom stereocenters. The molecule has 49 heavy (non-hydrogen) atoms. The molecule has 0 N–H and O–H groups in total. The Balaban J connectivity index is 1.20. The molecule has 3 nitrogen and oxygen atoms in total. The number of fused-ring (bicyclic) bond motifs is 5. The van der Waals surface area contributed by atoms with Crippen molar-refractivity contribution in [2.75, 3.05) is 0 Å². The van der Waals surface area contributed by atoms with Crippen LogP contribution in [0, 0.1) is 0 Å². The molecule has 1 aliphatic rings. The summed E-state index contributed by atoms with van der Waals surface area (Å²) < 4.78 is 2.42. The minimum Gasteiger partial charge on any atom is -0.309 e. The van der Waals surface area contributed by atoms with Crippen LogP contribution in [0.5, 0.6) is 0 Å². The van der Waals surface area contributed by atoms with Crippen molar-refractivity contribution >= 4 is 21.8 Å². The summed E-state index contributed by atoms with van der Waals surface area (Å²) in [6.45, 7) is 9.46. The van der Waals surface area contributed by atoms with Crippen LogP contribution in [0.4, 0.5) is 0 Å². The van der Waals surface area contributed by atoms with Gasteiger partial charge in [-0.1, -0.05) is 143 Å². The Morgan fingerprint density at radius 3 is 1.43 bits per heavy atom. The molecule has 2 heterocycles. The van der Waals surface area contributed by atoms with Gasteiger partial charge in [-0.15, -0.1) is 0 Å². The lowest BCUT2D eigenvalue weighted by atomic mass is 9.59. The zero-order valence-electron chi connectivity index (χ0n) is 28.3. The van der Waals surface area contributed by atoms with Gasteiger partial charge in [-0.2, -0.15) is 0 Å². The van der Waals surface area contributed by atoms with Crippen molar-refractivity contribution in [1.29, 1.82) is 0 Å². The SMILES string of the molecule is CC1(C)c2ccc(-n3c4ccccc4c4ccccc43)cc2C(C)(C)c2ccc(-c3nc(-c4ccccc4)cc(-c4ccccc4)n3)cc21. The number of hydrogen-bond acceptors (Lipinski definition) is 2. The monoisotopic (exact) mass is 631 g/mol. The van der Waals surface area contributed by atoms with Crippen LogP contribution in [0.15, 0.2) is 152 Å². The average molecular weight is 632 g/mol. The van der Waals surface area contributed by atoms with Crippen LogP contribution in [0.3, 0.4) is 0 Å². The lowest BCUT2D eigenvalue weighted by Gasteiger charge is -2.44. The second-order valence-electron chi connectivity index (χ2n) is 14.3. The third kappa shape index (κ3) is 4.57. The van der Waals surface area contributed by atoms with E-state index in [-0.39, 0.29) is 10.8 Å². The molecule has 1 aliphatic carbocycles. The fourth-order valence-electron chi connectivity index (χ4n) is 8.06. The predicted molar refractivity (Wildman–Crippen MR) is 203 cm³/mol. The molecule has 3 heteroatoms. The first-order valence-corrected chi connectivity index (χ1v) is 17.1. The van der Waals surface area contributed by atoms with Crippen molar-refractivity contribution in [2.45, 2.75) is 38.5 Å². The van der Waals surface area contributed by atoms with Crippen LogP contribution in [0.1, 0.15) is 49.9 Å². The minimum absolute atomic E-state index is 0.213. The van der Waals surface area contributed by atoms with Gasteiger partial charge in [0.25, 0.3) is 0 Å². The van der Waals surface area contributed by atoms with Crippen LogP contribution in [0.2, 0.25) is 0 Å². The summed E-state index contributed by atoms with van der Waals surface area (Å²) in [5.41, 5.74) is 13.6. The van der Waals surface area contributed by atoms with Crippen LogP contribution in [-0.2, 0) is 10.8 Å². The smallest absolute Gasteiger partial charge is 0.160 e. The van der Waals surface area contributed by atoms with Gasteiger partial charge >= 0.3 is 0 Å². The van der Waals surface area contributed by atoms with E-state index < -0.39 is 0 Å². The standard InChI is InChI=1S/C46H37N3/c1-45(2)37-26-24-33(49-42-21-13-11-19-34(42)35-20-12-14-22-43(35)49)28-39(37)46(3,4)36-25-23-32(27-38(36)45)44-47-40(30-15-7-5-8-16-30)29-41(48-44)31-17-9-6-10-18-31/h5-29H,1-4H3. The van der Waals surface area contributed by atoms with Crippen LogP contribution in [0.25, 0.3) is 61.4 Å². The van der Waals surface area contributed by atoms with Crippen molar-refractivity contribution < 1.29 is 0 Å². The van der Waals surface area contributed by atoms with E-state index in [0.29, 0.717) is 0 Å². The van der Waals surface area contributed by atoms with E-state index >= 15 is 0 Å². The Morgan fingerprint density at radius 1 is 0.408 bits per heavy atom. The molecule has 0 bridgehead atoms. The molecule has 0 radical (unpaired) electrons. The number of para-hydroxylation sites is 2. The summed E-state index contributed by atoms with van der Waals surface area (Å²) in [5.74, 6) is 0.740. The topological polar surface area (TPSA) is 30.7 Å². The summed E-state index contributed by atoms with van der Waals surface area (Å²) in [5, 5.41) is 2.56. The fraction of sp³-hybridized carbons (Fsp3) is 0.130. The second-order valence-corrected chi connectivity index (χ2v) is 14.3. The minimum atomic E-state index is -0.227. The van der Waals surface area contributed by atoms with E-state index in [0.717, 1.165) is 33.9 Å². The van der Waals surface area contributed by atoms with Gasteiger partial charge in [0.2, 0.25) is 0 Å². The summed E-state index contributed by atoms with van der Waals surface area (Å²) in [4.78, 5) is 10.3. The van der Waals surface area contributed by atoms with Crippen molar-refractivity contribution in [3.05, 3.63) is 174 Å². The molecule has 8 aromatic rings. The third-order valence-electron chi connectivity index (χ3n) is 10.7. The molecular formula is C46H37N3. The average Bonchev–Trinajstić information content (AvgIpc) is 3.49. The van der Waals surface area contributed by atoms with Gasteiger partial charge in [0.05, 0.1) is 22.4 Å². The summed E-state index contributed by atoms with van der Waals surface area (Å²) in [7, 11) is 0. The van der Waals surface area contributed by atoms with Gasteiger partial charge in [-0.05, 0) is 58.7 Å². The van der Waals surface area contributed by atoms with Crippen LogP contribution in [-0.4, -0.2) is 14.5 Å².